The van der Waals surface area contributed by atoms with E-state index in [9.17, 15) is 14.3 Å². The summed E-state index contributed by atoms with van der Waals surface area (Å²) in [7, 11) is 0. The highest BCUT2D eigenvalue weighted by Crippen LogP contribution is 2.30. The van der Waals surface area contributed by atoms with E-state index in [0.29, 0.717) is 11.3 Å². The minimum atomic E-state index is -1.13. The summed E-state index contributed by atoms with van der Waals surface area (Å²) in [6.45, 7) is 0. The van der Waals surface area contributed by atoms with Crippen LogP contribution in [-0.4, -0.2) is 11.1 Å². The lowest BCUT2D eigenvalue weighted by Gasteiger charge is -2.15. The van der Waals surface area contributed by atoms with E-state index in [-0.39, 0.29) is 5.56 Å². The molecule has 0 heterocycles. The molecule has 18 heavy (non-hydrogen) atoms. The molecule has 0 amide bonds. The molecule has 0 radical (unpaired) electrons. The Hall–Kier alpha value is -2.36. The van der Waals surface area contributed by atoms with Gasteiger partial charge in [0.1, 0.15) is 11.7 Å². The Morgan fingerprint density at radius 3 is 2.17 bits per heavy atom. The van der Waals surface area contributed by atoms with Crippen LogP contribution in [0.1, 0.15) is 17.0 Å². The fourth-order valence-corrected chi connectivity index (χ4v) is 1.92. The summed E-state index contributed by atoms with van der Waals surface area (Å²) in [4.78, 5) is 11.4. The number of carbonyl (C=O) groups is 1. The van der Waals surface area contributed by atoms with Crippen molar-refractivity contribution in [1.29, 1.82) is 0 Å². The smallest absolute Gasteiger partial charge is 0.315 e. The van der Waals surface area contributed by atoms with Gasteiger partial charge in [-0.25, -0.2) is 4.39 Å². The molecule has 0 spiro atoms. The fraction of sp³-hybridized carbons (Fsp3) is 0.0714. The molecule has 0 bridgehead atoms. The number of benzene rings is 2. The van der Waals surface area contributed by atoms with Gasteiger partial charge in [0.25, 0.3) is 0 Å². The van der Waals surface area contributed by atoms with Gasteiger partial charge in [-0.1, -0.05) is 36.4 Å². The van der Waals surface area contributed by atoms with Crippen LogP contribution in [0.25, 0.3) is 0 Å². The monoisotopic (exact) mass is 245 g/mol. The lowest BCUT2D eigenvalue weighted by atomic mass is 9.90. The van der Waals surface area contributed by atoms with Crippen molar-refractivity contribution in [1.82, 2.24) is 0 Å². The number of nitrogens with two attached hydrogens (primary N) is 1. The average Bonchev–Trinajstić information content (AvgIpc) is 2.34. The highest BCUT2D eigenvalue weighted by Gasteiger charge is 2.26. The van der Waals surface area contributed by atoms with Crippen LogP contribution in [0.15, 0.2) is 48.5 Å². The van der Waals surface area contributed by atoms with Crippen LogP contribution in [0.3, 0.4) is 0 Å². The number of rotatable bonds is 3. The molecule has 4 heteroatoms. The number of aliphatic carboxylic acids is 1. The van der Waals surface area contributed by atoms with Crippen LogP contribution in [0.4, 0.5) is 10.1 Å². The molecule has 92 valence electrons. The molecule has 3 nitrogen and oxygen atoms in total. The number of hydrogen-bond donors (Lipinski definition) is 2. The highest BCUT2D eigenvalue weighted by molar-refractivity contribution is 5.82. The molecule has 1 unspecified atom stereocenters. The number of halogens is 1. The molecule has 0 fully saturated rings. The number of carboxylic acid groups (broad SMARTS) is 1. The predicted molar refractivity (Wildman–Crippen MR) is 66.7 cm³/mol. The van der Waals surface area contributed by atoms with Crippen LogP contribution in [0.5, 0.6) is 0 Å². The third kappa shape index (κ3) is 2.18. The molecule has 0 aliphatic carbocycles. The Labute approximate surface area is 104 Å². The summed E-state index contributed by atoms with van der Waals surface area (Å²) in [5, 5.41) is 9.31. The molecule has 0 aliphatic rings. The van der Waals surface area contributed by atoms with Crippen LogP contribution in [-0.2, 0) is 4.79 Å². The zero-order chi connectivity index (χ0) is 13.1. The zero-order valence-electron chi connectivity index (χ0n) is 9.51. The Kier molecular flexibility index (Phi) is 3.28. The van der Waals surface area contributed by atoms with Crippen molar-refractivity contribution in [3.05, 3.63) is 65.5 Å². The highest BCUT2D eigenvalue weighted by atomic mass is 19.1. The number of carboxylic acids is 1. The fourth-order valence-electron chi connectivity index (χ4n) is 1.92. The lowest BCUT2D eigenvalue weighted by molar-refractivity contribution is -0.137. The Balaban J connectivity index is 2.58. The van der Waals surface area contributed by atoms with Gasteiger partial charge in [0.2, 0.25) is 0 Å². The largest absolute Gasteiger partial charge is 0.481 e. The molecular weight excluding hydrogens is 233 g/mol. The van der Waals surface area contributed by atoms with Crippen molar-refractivity contribution in [2.24, 2.45) is 0 Å². The SMILES string of the molecule is Nc1ccccc1C(C(=O)O)c1ccccc1F. The first-order valence-electron chi connectivity index (χ1n) is 5.43. The first kappa shape index (κ1) is 12.1. The molecule has 2 aromatic carbocycles. The van der Waals surface area contributed by atoms with Crippen molar-refractivity contribution in [2.45, 2.75) is 5.92 Å². The van der Waals surface area contributed by atoms with Crippen LogP contribution < -0.4 is 5.73 Å². The summed E-state index contributed by atoms with van der Waals surface area (Å²) in [6, 6.07) is 12.4. The second kappa shape index (κ2) is 4.87. The van der Waals surface area contributed by atoms with E-state index in [0.717, 1.165) is 0 Å². The van der Waals surface area contributed by atoms with E-state index in [2.05, 4.69) is 0 Å². The van der Waals surface area contributed by atoms with Crippen molar-refractivity contribution in [3.8, 4) is 0 Å². The van der Waals surface area contributed by atoms with Gasteiger partial charge < -0.3 is 10.8 Å². The topological polar surface area (TPSA) is 63.3 Å². The zero-order valence-corrected chi connectivity index (χ0v) is 9.51. The first-order valence-corrected chi connectivity index (χ1v) is 5.43. The van der Waals surface area contributed by atoms with E-state index < -0.39 is 17.7 Å². The minimum absolute atomic E-state index is 0.114. The minimum Gasteiger partial charge on any atom is -0.481 e. The summed E-state index contributed by atoms with van der Waals surface area (Å²) in [5.41, 5.74) is 6.61. The van der Waals surface area contributed by atoms with E-state index in [1.165, 1.54) is 18.2 Å². The Morgan fingerprint density at radius 2 is 1.61 bits per heavy atom. The summed E-state index contributed by atoms with van der Waals surface area (Å²) in [6.07, 6.45) is 0. The first-order chi connectivity index (χ1) is 8.61. The van der Waals surface area contributed by atoms with Crippen LogP contribution in [0, 0.1) is 5.82 Å². The van der Waals surface area contributed by atoms with Gasteiger partial charge in [0.05, 0.1) is 0 Å². The maximum atomic E-state index is 13.7. The van der Waals surface area contributed by atoms with Gasteiger partial charge in [0, 0.05) is 11.3 Å². The van der Waals surface area contributed by atoms with E-state index >= 15 is 0 Å². The second-order valence-corrected chi connectivity index (χ2v) is 3.92. The van der Waals surface area contributed by atoms with E-state index in [1.807, 2.05) is 0 Å². The molecule has 3 N–H and O–H groups in total. The maximum Gasteiger partial charge on any atom is 0.315 e. The number of anilines is 1. The average molecular weight is 245 g/mol. The quantitative estimate of drug-likeness (QED) is 0.817. The van der Waals surface area contributed by atoms with Gasteiger partial charge in [-0.15, -0.1) is 0 Å². The molecule has 0 aliphatic heterocycles. The van der Waals surface area contributed by atoms with Crippen molar-refractivity contribution < 1.29 is 14.3 Å². The summed E-state index contributed by atoms with van der Waals surface area (Å²) >= 11 is 0. The van der Waals surface area contributed by atoms with Crippen molar-refractivity contribution >= 4 is 11.7 Å². The van der Waals surface area contributed by atoms with Crippen LogP contribution >= 0.6 is 0 Å². The standard InChI is InChI=1S/C14H12FNO2/c15-11-7-3-1-5-9(11)13(14(17)18)10-6-2-4-8-12(10)16/h1-8,13H,16H2,(H,17,18). The Morgan fingerprint density at radius 1 is 1.06 bits per heavy atom. The van der Waals surface area contributed by atoms with Crippen molar-refractivity contribution in [2.75, 3.05) is 5.73 Å². The maximum absolute atomic E-state index is 13.7. The van der Waals surface area contributed by atoms with Gasteiger partial charge in [-0.3, -0.25) is 4.79 Å². The summed E-state index contributed by atoms with van der Waals surface area (Å²) in [5.74, 6) is -2.77. The third-order valence-electron chi connectivity index (χ3n) is 2.77. The van der Waals surface area contributed by atoms with Crippen LogP contribution in [0.2, 0.25) is 0 Å². The molecule has 0 saturated heterocycles. The number of hydrogen-bond acceptors (Lipinski definition) is 2. The molecule has 0 saturated carbocycles. The predicted octanol–water partition coefficient (Wildman–Crippen LogP) is 2.62. The summed E-state index contributed by atoms with van der Waals surface area (Å²) < 4.78 is 13.7. The van der Waals surface area contributed by atoms with Gasteiger partial charge in [-0.05, 0) is 17.7 Å². The second-order valence-electron chi connectivity index (χ2n) is 3.92. The van der Waals surface area contributed by atoms with Crippen molar-refractivity contribution in [3.63, 3.8) is 0 Å². The van der Waals surface area contributed by atoms with E-state index in [4.69, 9.17) is 5.73 Å². The van der Waals surface area contributed by atoms with Gasteiger partial charge in [0.15, 0.2) is 0 Å². The van der Waals surface area contributed by atoms with E-state index in [1.54, 1.807) is 30.3 Å². The lowest BCUT2D eigenvalue weighted by Crippen LogP contribution is -2.16. The molecule has 1 atom stereocenters. The molecule has 0 aromatic heterocycles. The normalized spacial score (nSPS) is 12.1. The Bertz CT molecular complexity index is 538. The molecule has 2 rings (SSSR count). The molecular formula is C14H12FNO2. The van der Waals surface area contributed by atoms with Gasteiger partial charge >= 0.3 is 5.97 Å². The van der Waals surface area contributed by atoms with Gasteiger partial charge in [-0.2, -0.15) is 0 Å². The molecule has 2 aromatic rings. The third-order valence-corrected chi connectivity index (χ3v) is 2.77. The number of nitrogen functional groups attached to an aromatic ring is 1. The number of para-hydroxylation sites is 1.